The molecule has 0 unspecified atom stereocenters. The van der Waals surface area contributed by atoms with Crippen molar-refractivity contribution in [1.82, 2.24) is 15.0 Å². The topological polar surface area (TPSA) is 51.4 Å². The number of nitrogens with zero attached hydrogens (tertiary/aromatic N) is 3. The zero-order chi connectivity index (χ0) is 17.8. The zero-order valence-corrected chi connectivity index (χ0v) is 16.7. The van der Waals surface area contributed by atoms with Gasteiger partial charge in [-0.25, -0.2) is 0 Å². The van der Waals surface area contributed by atoms with Gasteiger partial charge in [-0.2, -0.15) is 4.98 Å². The molecule has 1 aliphatic carbocycles. The lowest BCUT2D eigenvalue weighted by Gasteiger charge is -2.34. The van der Waals surface area contributed by atoms with Crippen LogP contribution in [0.2, 0.25) is 0 Å². The van der Waals surface area contributed by atoms with Crippen molar-refractivity contribution in [3.05, 3.63) is 34.6 Å². The van der Waals surface area contributed by atoms with E-state index in [1.807, 2.05) is 24.3 Å². The molecule has 1 saturated carbocycles. The molecular weight excluding hydrogens is 394 g/mol. The van der Waals surface area contributed by atoms with Crippen LogP contribution in [0, 0.1) is 0 Å². The first-order valence-electron chi connectivity index (χ1n) is 9.72. The second-order valence-electron chi connectivity index (χ2n) is 7.39. The summed E-state index contributed by atoms with van der Waals surface area (Å²) in [5.74, 6) is 1.34. The van der Waals surface area contributed by atoms with Crippen molar-refractivity contribution in [2.45, 2.75) is 63.7 Å². The van der Waals surface area contributed by atoms with Crippen LogP contribution in [0.1, 0.15) is 50.8 Å². The van der Waals surface area contributed by atoms with Gasteiger partial charge in [-0.05, 0) is 37.8 Å². The summed E-state index contributed by atoms with van der Waals surface area (Å²) >= 11 is 3.48. The van der Waals surface area contributed by atoms with Gasteiger partial charge in [-0.15, -0.1) is 0 Å². The molecule has 1 aromatic heterocycles. The van der Waals surface area contributed by atoms with E-state index in [2.05, 4.69) is 31.0 Å². The molecule has 0 amide bonds. The minimum atomic E-state index is 0.425. The third-order valence-electron chi connectivity index (χ3n) is 5.38. The van der Waals surface area contributed by atoms with E-state index in [0.29, 0.717) is 23.9 Å². The quantitative estimate of drug-likeness (QED) is 0.695. The standard InChI is InChI=1S/C20H26BrN3O2/c21-16-6-4-5-15(13-16)20-22-19(26-23-20)14-24-11-9-18(10-12-24)25-17-7-2-1-3-8-17/h4-6,13,17-18H,1-3,7-12,14H2. The SMILES string of the molecule is Brc1cccc(-c2noc(CN3CCC(OC4CCCCC4)CC3)n2)c1. The fourth-order valence-corrected chi connectivity index (χ4v) is 4.33. The average molecular weight is 420 g/mol. The highest BCUT2D eigenvalue weighted by atomic mass is 79.9. The Hall–Kier alpha value is -1.24. The second-order valence-corrected chi connectivity index (χ2v) is 8.31. The Morgan fingerprint density at radius 3 is 2.62 bits per heavy atom. The molecular formula is C20H26BrN3O2. The van der Waals surface area contributed by atoms with Crippen molar-refractivity contribution in [2.75, 3.05) is 13.1 Å². The van der Waals surface area contributed by atoms with Gasteiger partial charge < -0.3 is 9.26 Å². The molecule has 0 atom stereocenters. The summed E-state index contributed by atoms with van der Waals surface area (Å²) in [6, 6.07) is 7.97. The summed E-state index contributed by atoms with van der Waals surface area (Å²) in [4.78, 5) is 6.94. The van der Waals surface area contributed by atoms with Crippen LogP contribution in [-0.4, -0.2) is 40.3 Å². The Bertz CT molecular complexity index is 707. The largest absolute Gasteiger partial charge is 0.375 e. The number of piperidine rings is 1. The first-order chi connectivity index (χ1) is 12.8. The molecule has 0 bridgehead atoms. The van der Waals surface area contributed by atoms with E-state index in [4.69, 9.17) is 9.26 Å². The van der Waals surface area contributed by atoms with Gasteiger partial charge in [0.1, 0.15) is 0 Å². The summed E-state index contributed by atoms with van der Waals surface area (Å²) in [5, 5.41) is 4.13. The molecule has 140 valence electrons. The normalized spacial score (nSPS) is 20.5. The van der Waals surface area contributed by atoms with E-state index >= 15 is 0 Å². The van der Waals surface area contributed by atoms with Crippen molar-refractivity contribution in [3.63, 3.8) is 0 Å². The van der Waals surface area contributed by atoms with Crippen LogP contribution in [0.15, 0.2) is 33.3 Å². The number of rotatable bonds is 5. The van der Waals surface area contributed by atoms with Crippen molar-refractivity contribution < 1.29 is 9.26 Å². The van der Waals surface area contributed by atoms with Crippen LogP contribution in [-0.2, 0) is 11.3 Å². The highest BCUT2D eigenvalue weighted by Gasteiger charge is 2.25. The maximum absolute atomic E-state index is 6.32. The monoisotopic (exact) mass is 419 g/mol. The molecule has 2 aliphatic rings. The van der Waals surface area contributed by atoms with Crippen molar-refractivity contribution in [1.29, 1.82) is 0 Å². The fourth-order valence-electron chi connectivity index (χ4n) is 3.93. The number of benzene rings is 1. The number of halogens is 1. The molecule has 1 saturated heterocycles. The minimum absolute atomic E-state index is 0.425. The summed E-state index contributed by atoms with van der Waals surface area (Å²) in [5.41, 5.74) is 0.967. The Balaban J connectivity index is 1.27. The molecule has 4 rings (SSSR count). The molecule has 1 aliphatic heterocycles. The first kappa shape index (κ1) is 18.1. The van der Waals surface area contributed by atoms with E-state index < -0.39 is 0 Å². The lowest BCUT2D eigenvalue weighted by atomic mass is 9.97. The Labute approximate surface area is 163 Å². The fraction of sp³-hybridized carbons (Fsp3) is 0.600. The van der Waals surface area contributed by atoms with Gasteiger partial charge in [0.15, 0.2) is 0 Å². The minimum Gasteiger partial charge on any atom is -0.375 e. The van der Waals surface area contributed by atoms with Crippen molar-refractivity contribution >= 4 is 15.9 Å². The number of hydrogen-bond acceptors (Lipinski definition) is 5. The van der Waals surface area contributed by atoms with E-state index in [-0.39, 0.29) is 0 Å². The number of likely N-dealkylation sites (tertiary alicyclic amines) is 1. The smallest absolute Gasteiger partial charge is 0.241 e. The highest BCUT2D eigenvalue weighted by Crippen LogP contribution is 2.25. The molecule has 2 heterocycles. The van der Waals surface area contributed by atoms with E-state index in [1.54, 1.807) is 0 Å². The Morgan fingerprint density at radius 1 is 1.08 bits per heavy atom. The Kier molecular flexibility index (Phi) is 6.02. The molecule has 2 aromatic rings. The maximum Gasteiger partial charge on any atom is 0.241 e. The van der Waals surface area contributed by atoms with Gasteiger partial charge in [0, 0.05) is 23.1 Å². The number of ether oxygens (including phenoxy) is 1. The van der Waals surface area contributed by atoms with Crippen LogP contribution in [0.5, 0.6) is 0 Å². The summed E-state index contributed by atoms with van der Waals surface area (Å²) in [6.07, 6.45) is 9.68. The molecule has 2 fully saturated rings. The van der Waals surface area contributed by atoms with E-state index in [1.165, 1.54) is 32.1 Å². The van der Waals surface area contributed by atoms with Gasteiger partial charge in [-0.1, -0.05) is 52.5 Å². The average Bonchev–Trinajstić information content (AvgIpc) is 3.13. The third-order valence-corrected chi connectivity index (χ3v) is 5.87. The van der Waals surface area contributed by atoms with Gasteiger partial charge in [-0.3, -0.25) is 4.90 Å². The van der Waals surface area contributed by atoms with Crippen LogP contribution in [0.3, 0.4) is 0 Å². The van der Waals surface area contributed by atoms with Crippen LogP contribution in [0.4, 0.5) is 0 Å². The Morgan fingerprint density at radius 2 is 1.85 bits per heavy atom. The van der Waals surface area contributed by atoms with Gasteiger partial charge >= 0.3 is 0 Å². The third kappa shape index (κ3) is 4.72. The van der Waals surface area contributed by atoms with Crippen LogP contribution in [0.25, 0.3) is 11.4 Å². The van der Waals surface area contributed by atoms with Crippen LogP contribution >= 0.6 is 15.9 Å². The highest BCUT2D eigenvalue weighted by molar-refractivity contribution is 9.10. The zero-order valence-electron chi connectivity index (χ0n) is 15.1. The maximum atomic E-state index is 6.32. The lowest BCUT2D eigenvalue weighted by molar-refractivity contribution is -0.0573. The van der Waals surface area contributed by atoms with Crippen molar-refractivity contribution in [2.24, 2.45) is 0 Å². The second kappa shape index (κ2) is 8.63. The van der Waals surface area contributed by atoms with Crippen LogP contribution < -0.4 is 0 Å². The van der Waals surface area contributed by atoms with Gasteiger partial charge in [0.2, 0.25) is 11.7 Å². The lowest BCUT2D eigenvalue weighted by Crippen LogP contribution is -2.38. The molecule has 0 radical (unpaired) electrons. The molecule has 1 aromatic carbocycles. The van der Waals surface area contributed by atoms with E-state index in [0.717, 1.165) is 42.5 Å². The predicted octanol–water partition coefficient (Wildman–Crippen LogP) is 4.81. The molecule has 26 heavy (non-hydrogen) atoms. The van der Waals surface area contributed by atoms with Crippen molar-refractivity contribution in [3.8, 4) is 11.4 Å². The van der Waals surface area contributed by atoms with Gasteiger partial charge in [0.25, 0.3) is 0 Å². The number of hydrogen-bond donors (Lipinski definition) is 0. The summed E-state index contributed by atoms with van der Waals surface area (Å²) < 4.78 is 12.8. The summed E-state index contributed by atoms with van der Waals surface area (Å²) in [7, 11) is 0. The van der Waals surface area contributed by atoms with E-state index in [9.17, 15) is 0 Å². The molecule has 0 spiro atoms. The van der Waals surface area contributed by atoms with Gasteiger partial charge in [0.05, 0.1) is 18.8 Å². The molecule has 6 heteroatoms. The predicted molar refractivity (Wildman–Crippen MR) is 104 cm³/mol. The number of aromatic nitrogens is 2. The molecule has 0 N–H and O–H groups in total. The summed E-state index contributed by atoms with van der Waals surface area (Å²) in [6.45, 7) is 2.79. The first-order valence-corrected chi connectivity index (χ1v) is 10.5. The molecule has 5 nitrogen and oxygen atoms in total.